The number of imide groups is 1. The predicted octanol–water partition coefficient (Wildman–Crippen LogP) is 2.75. The van der Waals surface area contributed by atoms with Crippen LogP contribution in [0.15, 0.2) is 42.5 Å². The summed E-state index contributed by atoms with van der Waals surface area (Å²) in [5.41, 5.74) is 1.45. The highest BCUT2D eigenvalue weighted by molar-refractivity contribution is 7.98. The van der Waals surface area contributed by atoms with Gasteiger partial charge >= 0.3 is 0 Å². The molecule has 2 heterocycles. The summed E-state index contributed by atoms with van der Waals surface area (Å²) in [4.78, 5) is 43.6. The monoisotopic (exact) mass is 369 g/mol. The number of rotatable bonds is 6. The van der Waals surface area contributed by atoms with Crippen molar-refractivity contribution in [3.05, 3.63) is 59.3 Å². The first-order valence-corrected chi connectivity index (χ1v) is 9.62. The highest BCUT2D eigenvalue weighted by atomic mass is 32.2. The molecule has 1 aliphatic rings. The maximum Gasteiger partial charge on any atom is 0.262 e. The van der Waals surface area contributed by atoms with Crippen molar-refractivity contribution in [1.29, 1.82) is 0 Å². The number of aromatic nitrogens is 1. The fourth-order valence-corrected chi connectivity index (χ4v) is 3.38. The molecule has 26 heavy (non-hydrogen) atoms. The minimum atomic E-state index is -0.878. The van der Waals surface area contributed by atoms with Crippen molar-refractivity contribution in [3.8, 4) is 0 Å². The van der Waals surface area contributed by atoms with E-state index in [0.717, 1.165) is 10.6 Å². The topological polar surface area (TPSA) is 79.4 Å². The Bertz CT molecular complexity index is 834. The van der Waals surface area contributed by atoms with Gasteiger partial charge in [-0.15, -0.1) is 0 Å². The molecule has 1 atom stereocenters. The molecule has 0 spiro atoms. The van der Waals surface area contributed by atoms with Gasteiger partial charge in [0.1, 0.15) is 11.9 Å². The molecule has 0 saturated carbocycles. The van der Waals surface area contributed by atoms with Gasteiger partial charge in [0, 0.05) is 5.69 Å². The number of nitrogens with one attached hydrogen (secondary N) is 1. The van der Waals surface area contributed by atoms with Gasteiger partial charge in [0.15, 0.2) is 0 Å². The Morgan fingerprint density at radius 3 is 2.35 bits per heavy atom. The maximum atomic E-state index is 12.9. The van der Waals surface area contributed by atoms with Crippen LogP contribution >= 0.6 is 11.8 Å². The van der Waals surface area contributed by atoms with E-state index in [4.69, 9.17) is 0 Å². The number of hydrogen-bond donors (Lipinski definition) is 1. The number of carbonyl (C=O) groups is 3. The first kappa shape index (κ1) is 18.1. The molecule has 0 radical (unpaired) electrons. The second kappa shape index (κ2) is 7.70. The van der Waals surface area contributed by atoms with E-state index in [2.05, 4.69) is 10.3 Å². The molecule has 3 amide bonds. The van der Waals surface area contributed by atoms with E-state index in [-0.39, 0.29) is 0 Å². The van der Waals surface area contributed by atoms with Gasteiger partial charge in [-0.3, -0.25) is 19.3 Å². The molecule has 2 aromatic rings. The van der Waals surface area contributed by atoms with E-state index < -0.39 is 23.8 Å². The highest BCUT2D eigenvalue weighted by Gasteiger charge is 2.42. The third kappa shape index (κ3) is 3.48. The van der Waals surface area contributed by atoms with Crippen molar-refractivity contribution in [2.24, 2.45) is 0 Å². The Balaban J connectivity index is 1.88. The van der Waals surface area contributed by atoms with Crippen LogP contribution in [0, 0.1) is 6.92 Å². The lowest BCUT2D eigenvalue weighted by molar-refractivity contribution is -0.120. The molecule has 1 aliphatic heterocycles. The Kier molecular flexibility index (Phi) is 5.37. The van der Waals surface area contributed by atoms with Gasteiger partial charge in [0.05, 0.1) is 11.1 Å². The zero-order valence-electron chi connectivity index (χ0n) is 14.6. The molecular formula is C19H19N3O3S. The fourth-order valence-electron chi connectivity index (χ4n) is 2.92. The summed E-state index contributed by atoms with van der Waals surface area (Å²) in [6.45, 7) is 1.82. The van der Waals surface area contributed by atoms with Crippen LogP contribution in [0.2, 0.25) is 0 Å². The van der Waals surface area contributed by atoms with E-state index in [1.165, 1.54) is 0 Å². The molecule has 1 N–H and O–H groups in total. The van der Waals surface area contributed by atoms with E-state index >= 15 is 0 Å². The van der Waals surface area contributed by atoms with E-state index in [1.807, 2.05) is 19.2 Å². The second-order valence-electron chi connectivity index (χ2n) is 5.98. The number of pyridine rings is 1. The van der Waals surface area contributed by atoms with Crippen LogP contribution in [0.4, 0.5) is 5.82 Å². The van der Waals surface area contributed by atoms with Crippen LogP contribution in [0.5, 0.6) is 0 Å². The number of amides is 3. The number of thioether (sulfide) groups is 1. The van der Waals surface area contributed by atoms with Gasteiger partial charge in [-0.2, -0.15) is 11.8 Å². The summed E-state index contributed by atoms with van der Waals surface area (Å²) in [5.74, 6) is -0.215. The first-order valence-electron chi connectivity index (χ1n) is 8.23. The summed E-state index contributed by atoms with van der Waals surface area (Å²) < 4.78 is 0. The predicted molar refractivity (Wildman–Crippen MR) is 101 cm³/mol. The molecule has 7 heteroatoms. The Morgan fingerprint density at radius 1 is 1.12 bits per heavy atom. The minimum Gasteiger partial charge on any atom is -0.309 e. The number of benzene rings is 1. The third-order valence-corrected chi connectivity index (χ3v) is 4.82. The quantitative estimate of drug-likeness (QED) is 0.792. The Labute approximate surface area is 156 Å². The molecule has 0 aliphatic carbocycles. The van der Waals surface area contributed by atoms with Gasteiger partial charge in [0.2, 0.25) is 5.91 Å². The summed E-state index contributed by atoms with van der Waals surface area (Å²) in [7, 11) is 0. The van der Waals surface area contributed by atoms with Gasteiger partial charge in [-0.25, -0.2) is 4.98 Å². The summed E-state index contributed by atoms with van der Waals surface area (Å²) in [5, 5.41) is 2.73. The Morgan fingerprint density at radius 2 is 1.77 bits per heavy atom. The smallest absolute Gasteiger partial charge is 0.262 e. The van der Waals surface area contributed by atoms with Gasteiger partial charge in [-0.1, -0.05) is 18.2 Å². The molecule has 0 bridgehead atoms. The lowest BCUT2D eigenvalue weighted by atomic mass is 10.1. The minimum absolute atomic E-state index is 0.341. The lowest BCUT2D eigenvalue weighted by Crippen LogP contribution is -2.47. The van der Waals surface area contributed by atoms with Crippen LogP contribution in [-0.2, 0) is 4.79 Å². The van der Waals surface area contributed by atoms with Crippen molar-refractivity contribution in [2.45, 2.75) is 19.4 Å². The van der Waals surface area contributed by atoms with Crippen molar-refractivity contribution < 1.29 is 14.4 Å². The second-order valence-corrected chi connectivity index (χ2v) is 6.96. The Hall–Kier alpha value is -2.67. The van der Waals surface area contributed by atoms with Crippen molar-refractivity contribution >= 4 is 35.3 Å². The largest absolute Gasteiger partial charge is 0.309 e. The molecule has 0 saturated heterocycles. The average Bonchev–Trinajstić information content (AvgIpc) is 2.87. The molecule has 134 valence electrons. The van der Waals surface area contributed by atoms with E-state index in [0.29, 0.717) is 29.1 Å². The first-order chi connectivity index (χ1) is 12.5. The molecule has 0 fully saturated rings. The SMILES string of the molecule is CSCCC(C(=O)Nc1cccc(C)n1)N1C(=O)c2ccccc2C1=O. The molecule has 1 aromatic heterocycles. The molecule has 3 rings (SSSR count). The molecule has 1 unspecified atom stereocenters. The highest BCUT2D eigenvalue weighted by Crippen LogP contribution is 2.26. The van der Waals surface area contributed by atoms with Crippen molar-refractivity contribution in [1.82, 2.24) is 9.88 Å². The van der Waals surface area contributed by atoms with E-state index in [1.54, 1.807) is 48.2 Å². The summed E-state index contributed by atoms with van der Waals surface area (Å²) in [6.07, 6.45) is 2.30. The lowest BCUT2D eigenvalue weighted by Gasteiger charge is -2.25. The number of fused-ring (bicyclic) bond motifs is 1. The zero-order chi connectivity index (χ0) is 18.7. The van der Waals surface area contributed by atoms with Crippen LogP contribution < -0.4 is 5.32 Å². The number of carbonyl (C=O) groups excluding carboxylic acids is 3. The van der Waals surface area contributed by atoms with Gasteiger partial charge < -0.3 is 5.32 Å². The van der Waals surface area contributed by atoms with Gasteiger partial charge in [0.25, 0.3) is 11.8 Å². The van der Waals surface area contributed by atoms with Crippen molar-refractivity contribution in [3.63, 3.8) is 0 Å². The third-order valence-electron chi connectivity index (χ3n) is 4.17. The average molecular weight is 369 g/mol. The number of nitrogens with zero attached hydrogens (tertiary/aromatic N) is 2. The molecular weight excluding hydrogens is 350 g/mol. The number of hydrogen-bond acceptors (Lipinski definition) is 5. The summed E-state index contributed by atoms with van der Waals surface area (Å²) in [6, 6.07) is 11.1. The van der Waals surface area contributed by atoms with Crippen LogP contribution in [-0.4, -0.2) is 45.7 Å². The number of anilines is 1. The molecule has 1 aromatic carbocycles. The fraction of sp³-hybridized carbons (Fsp3) is 0.263. The van der Waals surface area contributed by atoms with Crippen LogP contribution in [0.3, 0.4) is 0 Å². The van der Waals surface area contributed by atoms with Crippen LogP contribution in [0.25, 0.3) is 0 Å². The summed E-state index contributed by atoms with van der Waals surface area (Å²) >= 11 is 1.56. The zero-order valence-corrected chi connectivity index (χ0v) is 15.4. The van der Waals surface area contributed by atoms with E-state index in [9.17, 15) is 14.4 Å². The molecule has 6 nitrogen and oxygen atoms in total. The van der Waals surface area contributed by atoms with Crippen molar-refractivity contribution in [2.75, 3.05) is 17.3 Å². The standard InChI is InChI=1S/C19H19N3O3S/c1-12-6-5-9-16(20-12)21-17(23)15(10-11-26-2)22-18(24)13-7-3-4-8-14(13)19(22)25/h3-9,15H,10-11H2,1-2H3,(H,20,21,23). The number of aryl methyl sites for hydroxylation is 1. The van der Waals surface area contributed by atoms with Crippen LogP contribution in [0.1, 0.15) is 32.8 Å². The maximum absolute atomic E-state index is 12.9. The van der Waals surface area contributed by atoms with Gasteiger partial charge in [-0.05, 0) is 49.6 Å². The normalized spacial score (nSPS) is 14.3.